The molecule has 0 aromatic carbocycles. The first kappa shape index (κ1) is 14.4. The van der Waals surface area contributed by atoms with Gasteiger partial charge in [-0.25, -0.2) is 8.42 Å². The summed E-state index contributed by atoms with van der Waals surface area (Å²) in [5.41, 5.74) is -0.298. The smallest absolute Gasteiger partial charge is 0.152 e. The summed E-state index contributed by atoms with van der Waals surface area (Å²) in [6.07, 6.45) is 3.08. The highest BCUT2D eigenvalue weighted by Gasteiger charge is 2.37. The van der Waals surface area contributed by atoms with E-state index < -0.39 is 15.8 Å². The van der Waals surface area contributed by atoms with E-state index >= 15 is 0 Å². The molecule has 17 heavy (non-hydrogen) atoms. The topological polar surface area (TPSA) is 86.3 Å². The Balaban J connectivity index is 2.13. The van der Waals surface area contributed by atoms with E-state index in [2.05, 4.69) is 5.32 Å². The number of carbonyl (C=O) groups excluding carboxylic acids is 1. The highest BCUT2D eigenvalue weighted by molar-refractivity contribution is 7.91. The third-order valence-electron chi connectivity index (χ3n) is 3.11. The fraction of sp³-hybridized carbons (Fsp3) is 0.909. The Bertz CT molecular complexity index is 366. The van der Waals surface area contributed by atoms with Crippen molar-refractivity contribution in [3.63, 3.8) is 0 Å². The number of carboxylic acid groups (broad SMARTS) is 1. The highest BCUT2D eigenvalue weighted by atomic mass is 32.2. The molecule has 0 saturated carbocycles. The number of hydrogen-bond donors (Lipinski definition) is 1. The molecule has 100 valence electrons. The van der Waals surface area contributed by atoms with Gasteiger partial charge in [0.2, 0.25) is 0 Å². The van der Waals surface area contributed by atoms with Crippen LogP contribution in [-0.4, -0.2) is 38.0 Å². The molecular formula is C11H20NO4S-. The van der Waals surface area contributed by atoms with Gasteiger partial charge in [-0.2, -0.15) is 0 Å². The van der Waals surface area contributed by atoms with Crippen LogP contribution in [0, 0.1) is 0 Å². The van der Waals surface area contributed by atoms with Gasteiger partial charge in [-0.05, 0) is 39.2 Å². The van der Waals surface area contributed by atoms with E-state index in [9.17, 15) is 18.3 Å². The van der Waals surface area contributed by atoms with Gasteiger partial charge in [0.05, 0.1) is 11.5 Å². The minimum atomic E-state index is -2.86. The van der Waals surface area contributed by atoms with E-state index in [1.54, 1.807) is 0 Å². The van der Waals surface area contributed by atoms with Gasteiger partial charge in [-0.1, -0.05) is 6.42 Å². The molecule has 1 heterocycles. The fourth-order valence-electron chi connectivity index (χ4n) is 2.11. The molecule has 1 aliphatic heterocycles. The van der Waals surface area contributed by atoms with Crippen molar-refractivity contribution in [2.45, 2.75) is 44.6 Å². The summed E-state index contributed by atoms with van der Waals surface area (Å²) in [6.45, 7) is 2.66. The fourth-order valence-corrected chi connectivity index (χ4v) is 4.23. The van der Waals surface area contributed by atoms with Crippen LogP contribution < -0.4 is 10.4 Å². The second kappa shape index (κ2) is 5.82. The SMILES string of the molecule is CC1(NCCCCCC(=O)[O-])CCS(=O)(=O)C1. The molecule has 0 bridgehead atoms. The third-order valence-corrected chi connectivity index (χ3v) is 5.02. The van der Waals surface area contributed by atoms with E-state index in [-0.39, 0.29) is 23.5 Å². The molecule has 0 radical (unpaired) electrons. The van der Waals surface area contributed by atoms with E-state index in [4.69, 9.17) is 0 Å². The van der Waals surface area contributed by atoms with Crippen LogP contribution in [-0.2, 0) is 14.6 Å². The van der Waals surface area contributed by atoms with E-state index in [0.717, 1.165) is 19.4 Å². The normalized spacial score (nSPS) is 27.1. The lowest BCUT2D eigenvalue weighted by molar-refractivity contribution is -0.305. The van der Waals surface area contributed by atoms with Gasteiger partial charge in [0.25, 0.3) is 0 Å². The van der Waals surface area contributed by atoms with Gasteiger partial charge >= 0.3 is 0 Å². The van der Waals surface area contributed by atoms with Gasteiger partial charge in [0, 0.05) is 11.5 Å². The molecule has 1 fully saturated rings. The Hall–Kier alpha value is -0.620. The average molecular weight is 262 g/mol. The number of rotatable bonds is 7. The lowest BCUT2D eigenvalue weighted by Gasteiger charge is -2.23. The number of carbonyl (C=O) groups is 1. The monoisotopic (exact) mass is 262 g/mol. The molecule has 0 aromatic rings. The Morgan fingerprint density at radius 3 is 2.59 bits per heavy atom. The molecule has 1 atom stereocenters. The van der Waals surface area contributed by atoms with Crippen LogP contribution in [0.25, 0.3) is 0 Å². The van der Waals surface area contributed by atoms with Crippen molar-refractivity contribution < 1.29 is 18.3 Å². The van der Waals surface area contributed by atoms with Crippen LogP contribution in [0.1, 0.15) is 39.0 Å². The first-order valence-corrected chi connectivity index (χ1v) is 7.80. The lowest BCUT2D eigenvalue weighted by atomic mass is 10.0. The number of nitrogens with one attached hydrogen (secondary N) is 1. The molecule has 0 amide bonds. The van der Waals surface area contributed by atoms with Gasteiger partial charge in [0.1, 0.15) is 0 Å². The Kier molecular flexibility index (Phi) is 4.94. The molecule has 1 aliphatic rings. The molecule has 1 N–H and O–H groups in total. The van der Waals surface area contributed by atoms with Crippen molar-refractivity contribution in [1.82, 2.24) is 5.32 Å². The largest absolute Gasteiger partial charge is 0.550 e. The van der Waals surface area contributed by atoms with Gasteiger partial charge < -0.3 is 15.2 Å². The minimum absolute atomic E-state index is 0.103. The summed E-state index contributed by atoms with van der Waals surface area (Å²) in [7, 11) is -2.86. The Morgan fingerprint density at radius 2 is 2.06 bits per heavy atom. The first-order chi connectivity index (χ1) is 7.83. The molecule has 6 heteroatoms. The standard InChI is InChI=1S/C11H21NO4S/c1-11(6-8-17(15,16)9-11)12-7-4-2-3-5-10(13)14/h12H,2-9H2,1H3,(H,13,14)/p-1. The number of aliphatic carboxylic acids is 1. The van der Waals surface area contributed by atoms with Crippen LogP contribution >= 0.6 is 0 Å². The minimum Gasteiger partial charge on any atom is -0.550 e. The zero-order valence-electron chi connectivity index (χ0n) is 10.2. The van der Waals surface area contributed by atoms with Crippen molar-refractivity contribution in [2.75, 3.05) is 18.1 Å². The molecule has 5 nitrogen and oxygen atoms in total. The van der Waals surface area contributed by atoms with Gasteiger partial charge in [0.15, 0.2) is 9.84 Å². The summed E-state index contributed by atoms with van der Waals surface area (Å²) in [5, 5.41) is 13.4. The highest BCUT2D eigenvalue weighted by Crippen LogP contribution is 2.22. The van der Waals surface area contributed by atoms with E-state index in [1.807, 2.05) is 6.92 Å². The molecule has 1 saturated heterocycles. The van der Waals surface area contributed by atoms with E-state index in [0.29, 0.717) is 12.8 Å². The zero-order valence-corrected chi connectivity index (χ0v) is 11.0. The maximum atomic E-state index is 11.3. The maximum absolute atomic E-state index is 11.3. The molecular weight excluding hydrogens is 242 g/mol. The van der Waals surface area contributed by atoms with Crippen molar-refractivity contribution in [3.05, 3.63) is 0 Å². The van der Waals surface area contributed by atoms with Crippen molar-refractivity contribution >= 4 is 15.8 Å². The van der Waals surface area contributed by atoms with E-state index in [1.165, 1.54) is 0 Å². The van der Waals surface area contributed by atoms with Gasteiger partial charge in [-0.3, -0.25) is 0 Å². The third kappa shape index (κ3) is 5.50. The number of carboxylic acids is 1. The summed E-state index contributed by atoms with van der Waals surface area (Å²) < 4.78 is 22.7. The molecule has 1 rings (SSSR count). The number of sulfone groups is 1. The maximum Gasteiger partial charge on any atom is 0.152 e. The Labute approximate surface area is 103 Å². The predicted octanol–water partition coefficient (Wildman–Crippen LogP) is -0.536. The summed E-state index contributed by atoms with van der Waals surface area (Å²) in [6, 6.07) is 0. The summed E-state index contributed by atoms with van der Waals surface area (Å²) in [4.78, 5) is 10.2. The lowest BCUT2D eigenvalue weighted by Crippen LogP contribution is -2.43. The van der Waals surface area contributed by atoms with Crippen molar-refractivity contribution in [1.29, 1.82) is 0 Å². The quantitative estimate of drug-likeness (QED) is 0.623. The second-order valence-corrected chi connectivity index (χ2v) is 7.20. The number of hydrogen-bond acceptors (Lipinski definition) is 5. The zero-order chi connectivity index (χ0) is 12.9. The summed E-state index contributed by atoms with van der Waals surface area (Å²) in [5.74, 6) is -0.535. The van der Waals surface area contributed by atoms with Crippen LogP contribution in [0.3, 0.4) is 0 Å². The van der Waals surface area contributed by atoms with Crippen LogP contribution in [0.5, 0.6) is 0 Å². The Morgan fingerprint density at radius 1 is 1.35 bits per heavy atom. The molecule has 0 spiro atoms. The van der Waals surface area contributed by atoms with Crippen LogP contribution in [0.15, 0.2) is 0 Å². The average Bonchev–Trinajstić information content (AvgIpc) is 2.47. The van der Waals surface area contributed by atoms with Crippen LogP contribution in [0.4, 0.5) is 0 Å². The molecule has 0 aromatic heterocycles. The first-order valence-electron chi connectivity index (χ1n) is 5.98. The molecule has 1 unspecified atom stereocenters. The van der Waals surface area contributed by atoms with Crippen LogP contribution in [0.2, 0.25) is 0 Å². The van der Waals surface area contributed by atoms with Gasteiger partial charge in [-0.15, -0.1) is 0 Å². The number of unbranched alkanes of at least 4 members (excludes halogenated alkanes) is 2. The molecule has 0 aliphatic carbocycles. The second-order valence-electron chi connectivity index (χ2n) is 5.01. The predicted molar refractivity (Wildman–Crippen MR) is 63.2 cm³/mol. The summed E-state index contributed by atoms with van der Waals surface area (Å²) >= 11 is 0. The van der Waals surface area contributed by atoms with Crippen molar-refractivity contribution in [3.8, 4) is 0 Å². The van der Waals surface area contributed by atoms with Crippen molar-refractivity contribution in [2.24, 2.45) is 0 Å².